The molecule has 164 valence electrons. The summed E-state index contributed by atoms with van der Waals surface area (Å²) in [6.07, 6.45) is 1.52. The first-order valence-corrected chi connectivity index (χ1v) is 10.0. The van der Waals surface area contributed by atoms with Crippen molar-refractivity contribution in [3.05, 3.63) is 57.8 Å². The lowest BCUT2D eigenvalue weighted by Crippen LogP contribution is -2.32. The Morgan fingerprint density at radius 2 is 1.84 bits per heavy atom. The van der Waals surface area contributed by atoms with Gasteiger partial charge in [0.1, 0.15) is 6.54 Å². The summed E-state index contributed by atoms with van der Waals surface area (Å²) in [7, 11) is 3.06. The van der Waals surface area contributed by atoms with E-state index in [1.807, 2.05) is 26.8 Å². The number of rotatable bonds is 8. The van der Waals surface area contributed by atoms with Crippen LogP contribution in [0.1, 0.15) is 30.4 Å². The minimum absolute atomic E-state index is 0.208. The average molecular weight is 425 g/mol. The van der Waals surface area contributed by atoms with Crippen LogP contribution >= 0.6 is 0 Å². The quantitative estimate of drug-likeness (QED) is 0.596. The number of nitrogens with zero attached hydrogens (tertiary/aromatic N) is 4. The molecule has 0 saturated heterocycles. The van der Waals surface area contributed by atoms with Gasteiger partial charge in [-0.25, -0.2) is 9.67 Å². The second-order valence-corrected chi connectivity index (χ2v) is 7.18. The number of nitrogens with one attached hydrogen (secondary N) is 1. The number of carbonyl (C=O) groups excluding carboxylic acids is 1. The fourth-order valence-electron chi connectivity index (χ4n) is 3.32. The van der Waals surface area contributed by atoms with Crippen molar-refractivity contribution in [3.63, 3.8) is 0 Å². The van der Waals surface area contributed by atoms with Crippen LogP contribution in [-0.4, -0.2) is 39.5 Å². The minimum Gasteiger partial charge on any atom is -0.493 e. The average Bonchev–Trinajstić information content (AvgIpc) is 3.07. The van der Waals surface area contributed by atoms with Gasteiger partial charge in [-0.2, -0.15) is 5.10 Å². The highest BCUT2D eigenvalue weighted by Crippen LogP contribution is 2.29. The van der Waals surface area contributed by atoms with E-state index in [2.05, 4.69) is 15.4 Å². The first-order chi connectivity index (χ1) is 14.9. The highest BCUT2D eigenvalue weighted by atomic mass is 16.5. The van der Waals surface area contributed by atoms with Gasteiger partial charge in [0, 0.05) is 29.2 Å². The molecule has 1 aromatic carbocycles. The fourth-order valence-corrected chi connectivity index (χ4v) is 3.32. The summed E-state index contributed by atoms with van der Waals surface area (Å²) in [6, 6.07) is 8.43. The Kier molecular flexibility index (Phi) is 6.74. The van der Waals surface area contributed by atoms with Crippen LogP contribution in [0.4, 0.5) is 5.69 Å². The minimum atomic E-state index is -0.373. The molecule has 0 aliphatic heterocycles. The van der Waals surface area contributed by atoms with Crippen LogP contribution in [0.15, 0.2) is 35.1 Å². The molecule has 2 heterocycles. The maximum atomic E-state index is 12.9. The summed E-state index contributed by atoms with van der Waals surface area (Å²) in [6.45, 7) is 5.56. The van der Waals surface area contributed by atoms with E-state index in [1.54, 1.807) is 22.9 Å². The van der Waals surface area contributed by atoms with Crippen LogP contribution in [-0.2, 0) is 17.8 Å². The fraction of sp³-hybridized carbons (Fsp3) is 0.364. The molecule has 0 unspecified atom stereocenters. The summed E-state index contributed by atoms with van der Waals surface area (Å²) >= 11 is 0. The van der Waals surface area contributed by atoms with Crippen molar-refractivity contribution in [2.75, 3.05) is 19.5 Å². The van der Waals surface area contributed by atoms with Gasteiger partial charge in [0.05, 0.1) is 19.9 Å². The van der Waals surface area contributed by atoms with Gasteiger partial charge in [0.2, 0.25) is 11.9 Å². The Morgan fingerprint density at radius 1 is 1.10 bits per heavy atom. The zero-order valence-corrected chi connectivity index (χ0v) is 18.4. The number of aromatic nitrogens is 4. The summed E-state index contributed by atoms with van der Waals surface area (Å²) in [4.78, 5) is 30.3. The Hall–Kier alpha value is -3.62. The molecule has 9 heteroatoms. The lowest BCUT2D eigenvalue weighted by atomic mass is 10.2. The van der Waals surface area contributed by atoms with Crippen molar-refractivity contribution < 1.29 is 14.3 Å². The summed E-state index contributed by atoms with van der Waals surface area (Å²) in [5, 5.41) is 7.24. The SMILES string of the molecule is CCCc1cc(=O)n(CC(=O)Nc2ccc(OC)c(OC)c2)c(-n2nc(C)cc2C)n1. The number of hydrogen-bond acceptors (Lipinski definition) is 6. The Morgan fingerprint density at radius 3 is 2.45 bits per heavy atom. The summed E-state index contributed by atoms with van der Waals surface area (Å²) in [5.74, 6) is 0.997. The smallest absolute Gasteiger partial charge is 0.255 e. The first kappa shape index (κ1) is 22.1. The Bertz CT molecular complexity index is 1150. The molecule has 0 radical (unpaired) electrons. The second kappa shape index (κ2) is 9.46. The zero-order chi connectivity index (χ0) is 22.5. The van der Waals surface area contributed by atoms with Crippen LogP contribution < -0.4 is 20.3 Å². The number of anilines is 1. The molecule has 1 N–H and O–H groups in total. The second-order valence-electron chi connectivity index (χ2n) is 7.18. The van der Waals surface area contributed by atoms with Crippen LogP contribution in [0, 0.1) is 13.8 Å². The van der Waals surface area contributed by atoms with Gasteiger partial charge < -0.3 is 14.8 Å². The van der Waals surface area contributed by atoms with Crippen molar-refractivity contribution in [3.8, 4) is 17.4 Å². The standard InChI is InChI=1S/C22H27N5O4/c1-6-7-16-12-21(29)26(22(24-16)27-15(3)10-14(2)25-27)13-20(28)23-17-8-9-18(30-4)19(11-17)31-5/h8-12H,6-7,13H2,1-5H3,(H,23,28). The number of methoxy groups -OCH3 is 2. The van der Waals surface area contributed by atoms with Crippen LogP contribution in [0.25, 0.3) is 5.95 Å². The number of ether oxygens (including phenoxy) is 2. The molecule has 3 rings (SSSR count). The van der Waals surface area contributed by atoms with E-state index < -0.39 is 0 Å². The third-order valence-corrected chi connectivity index (χ3v) is 4.72. The van der Waals surface area contributed by atoms with E-state index in [4.69, 9.17) is 9.47 Å². The molecule has 0 aliphatic carbocycles. The largest absolute Gasteiger partial charge is 0.493 e. The van der Waals surface area contributed by atoms with Crippen molar-refractivity contribution in [2.24, 2.45) is 0 Å². The highest BCUT2D eigenvalue weighted by Gasteiger charge is 2.17. The van der Waals surface area contributed by atoms with Crippen molar-refractivity contribution in [1.82, 2.24) is 19.3 Å². The van der Waals surface area contributed by atoms with Gasteiger partial charge in [0.25, 0.3) is 5.56 Å². The number of hydrogen-bond donors (Lipinski definition) is 1. The van der Waals surface area contributed by atoms with E-state index in [9.17, 15) is 9.59 Å². The van der Waals surface area contributed by atoms with Gasteiger partial charge in [-0.05, 0) is 38.5 Å². The van der Waals surface area contributed by atoms with E-state index in [-0.39, 0.29) is 18.0 Å². The molecule has 9 nitrogen and oxygen atoms in total. The molecular formula is C22H27N5O4. The highest BCUT2D eigenvalue weighted by molar-refractivity contribution is 5.91. The molecule has 31 heavy (non-hydrogen) atoms. The van der Waals surface area contributed by atoms with Crippen molar-refractivity contribution in [2.45, 2.75) is 40.2 Å². The maximum Gasteiger partial charge on any atom is 0.255 e. The Balaban J connectivity index is 1.94. The molecule has 1 amide bonds. The topological polar surface area (TPSA) is 100 Å². The molecular weight excluding hydrogens is 398 g/mol. The van der Waals surface area contributed by atoms with Gasteiger partial charge in [-0.1, -0.05) is 13.3 Å². The van der Waals surface area contributed by atoms with Crippen LogP contribution in [0.3, 0.4) is 0 Å². The van der Waals surface area contributed by atoms with Crippen LogP contribution in [0.5, 0.6) is 11.5 Å². The van der Waals surface area contributed by atoms with Gasteiger partial charge >= 0.3 is 0 Å². The monoisotopic (exact) mass is 425 g/mol. The van der Waals surface area contributed by atoms with Crippen molar-refractivity contribution in [1.29, 1.82) is 0 Å². The summed E-state index contributed by atoms with van der Waals surface area (Å²) in [5.41, 5.74) is 2.52. The third kappa shape index (κ3) is 4.93. The molecule has 0 aliphatic rings. The van der Waals surface area contributed by atoms with Gasteiger partial charge in [-0.15, -0.1) is 0 Å². The van der Waals surface area contributed by atoms with E-state index >= 15 is 0 Å². The number of benzene rings is 1. The van der Waals surface area contributed by atoms with E-state index in [0.29, 0.717) is 35.2 Å². The molecule has 2 aromatic heterocycles. The lowest BCUT2D eigenvalue weighted by Gasteiger charge is -2.15. The van der Waals surface area contributed by atoms with E-state index in [1.165, 1.54) is 24.9 Å². The van der Waals surface area contributed by atoms with Crippen molar-refractivity contribution >= 4 is 11.6 Å². The molecule has 0 bridgehead atoms. The van der Waals surface area contributed by atoms with E-state index in [0.717, 1.165) is 17.8 Å². The molecule has 3 aromatic rings. The predicted molar refractivity (Wildman–Crippen MR) is 117 cm³/mol. The molecule has 0 spiro atoms. The predicted octanol–water partition coefficient (Wildman–Crippen LogP) is 2.65. The zero-order valence-electron chi connectivity index (χ0n) is 18.4. The number of carbonyl (C=O) groups is 1. The first-order valence-electron chi connectivity index (χ1n) is 10.0. The van der Waals surface area contributed by atoms with Gasteiger partial charge in [0.15, 0.2) is 11.5 Å². The maximum absolute atomic E-state index is 12.9. The molecule has 0 atom stereocenters. The Labute approximate surface area is 180 Å². The van der Waals surface area contributed by atoms with Crippen LogP contribution in [0.2, 0.25) is 0 Å². The lowest BCUT2D eigenvalue weighted by molar-refractivity contribution is -0.116. The molecule has 0 fully saturated rings. The number of aryl methyl sites for hydroxylation is 3. The number of amides is 1. The third-order valence-electron chi connectivity index (χ3n) is 4.72. The normalized spacial score (nSPS) is 10.7. The van der Waals surface area contributed by atoms with Gasteiger partial charge in [-0.3, -0.25) is 14.2 Å². The molecule has 0 saturated carbocycles. The summed E-state index contributed by atoms with van der Waals surface area (Å²) < 4.78 is 13.4.